The minimum Gasteiger partial charge on any atom is -0.496 e. The van der Waals surface area contributed by atoms with Gasteiger partial charge in [-0.3, -0.25) is 14.9 Å². The number of methoxy groups -OCH3 is 2. The molecule has 0 fully saturated rings. The molecule has 4 aromatic rings. The lowest BCUT2D eigenvalue weighted by Crippen LogP contribution is -2.10. The Hall–Kier alpha value is -4.59. The van der Waals surface area contributed by atoms with Gasteiger partial charge in [0.15, 0.2) is 0 Å². The lowest BCUT2D eigenvalue weighted by atomic mass is 9.96. The molecule has 0 aliphatic carbocycles. The Balaban J connectivity index is 1.72. The monoisotopic (exact) mass is 486 g/mol. The first kappa shape index (κ1) is 24.5. The van der Waals surface area contributed by atoms with Crippen LogP contribution in [0.3, 0.4) is 0 Å². The van der Waals surface area contributed by atoms with E-state index in [9.17, 15) is 14.9 Å². The van der Waals surface area contributed by atoms with E-state index in [0.29, 0.717) is 17.0 Å². The number of fused-ring (bicyclic) bond motifs is 1. The highest BCUT2D eigenvalue weighted by Gasteiger charge is 2.19. The molecule has 0 saturated carbocycles. The molecule has 0 unspecified atom stereocenters. The van der Waals surface area contributed by atoms with E-state index in [0.717, 1.165) is 33.2 Å². The van der Waals surface area contributed by atoms with E-state index in [1.54, 1.807) is 13.4 Å². The van der Waals surface area contributed by atoms with Crippen molar-refractivity contribution in [3.05, 3.63) is 87.7 Å². The standard InChI is InChI=1S/C28H26N2O6/c1-16-6-8-19(9-7-16)23-15-36-28-18(3)27(35-5)21(14-22(23)28)17(2)12-26(31)29-24-11-10-20(30(32)33)13-25(24)34-4/h6-15H,1-5H3,(H,29,31)/b17-12+. The Bertz CT molecular complexity index is 1500. The number of hydrogen-bond donors (Lipinski definition) is 1. The van der Waals surface area contributed by atoms with Crippen LogP contribution in [0.5, 0.6) is 11.5 Å². The maximum absolute atomic E-state index is 12.9. The summed E-state index contributed by atoms with van der Waals surface area (Å²) < 4.78 is 16.8. The van der Waals surface area contributed by atoms with E-state index < -0.39 is 10.8 Å². The number of carbonyl (C=O) groups excluding carboxylic acids is 1. The van der Waals surface area contributed by atoms with Gasteiger partial charge in [-0.25, -0.2) is 0 Å². The molecule has 1 amide bonds. The number of nitro benzene ring substituents is 1. The molecule has 0 saturated heterocycles. The number of rotatable bonds is 7. The molecule has 0 spiro atoms. The van der Waals surface area contributed by atoms with E-state index in [1.807, 2.05) is 51.1 Å². The third-order valence-corrected chi connectivity index (χ3v) is 6.04. The Morgan fingerprint density at radius 1 is 1.06 bits per heavy atom. The Labute approximate surface area is 208 Å². The molecule has 1 N–H and O–H groups in total. The van der Waals surface area contributed by atoms with Gasteiger partial charge < -0.3 is 19.2 Å². The summed E-state index contributed by atoms with van der Waals surface area (Å²) in [5, 5.41) is 14.7. The summed E-state index contributed by atoms with van der Waals surface area (Å²) >= 11 is 0. The van der Waals surface area contributed by atoms with E-state index in [4.69, 9.17) is 13.9 Å². The van der Waals surface area contributed by atoms with Gasteiger partial charge >= 0.3 is 0 Å². The molecule has 0 radical (unpaired) electrons. The van der Waals surface area contributed by atoms with Crippen molar-refractivity contribution >= 4 is 33.8 Å². The highest BCUT2D eigenvalue weighted by atomic mass is 16.6. The van der Waals surface area contributed by atoms with Gasteiger partial charge in [0.05, 0.1) is 37.2 Å². The van der Waals surface area contributed by atoms with Crippen LogP contribution in [-0.4, -0.2) is 25.1 Å². The first-order chi connectivity index (χ1) is 17.2. The number of allylic oxidation sites excluding steroid dienone is 1. The smallest absolute Gasteiger partial charge is 0.273 e. The van der Waals surface area contributed by atoms with Crippen molar-refractivity contribution in [2.75, 3.05) is 19.5 Å². The second-order valence-corrected chi connectivity index (χ2v) is 8.43. The number of nitrogens with zero attached hydrogens (tertiary/aromatic N) is 1. The summed E-state index contributed by atoms with van der Waals surface area (Å²) in [4.78, 5) is 23.4. The van der Waals surface area contributed by atoms with Gasteiger partial charge in [0.1, 0.15) is 17.1 Å². The predicted molar refractivity (Wildman–Crippen MR) is 140 cm³/mol. The van der Waals surface area contributed by atoms with Crippen LogP contribution in [0.1, 0.15) is 23.6 Å². The number of carbonyl (C=O) groups is 1. The van der Waals surface area contributed by atoms with Gasteiger partial charge in [-0.15, -0.1) is 0 Å². The third-order valence-electron chi connectivity index (χ3n) is 6.04. The number of nitrogens with one attached hydrogen (secondary N) is 1. The second kappa shape index (κ2) is 9.95. The van der Waals surface area contributed by atoms with Crippen LogP contribution in [0.2, 0.25) is 0 Å². The minimum absolute atomic E-state index is 0.130. The first-order valence-electron chi connectivity index (χ1n) is 11.2. The molecule has 0 aliphatic heterocycles. The van der Waals surface area contributed by atoms with Crippen molar-refractivity contribution in [2.24, 2.45) is 0 Å². The quantitative estimate of drug-likeness (QED) is 0.177. The van der Waals surface area contributed by atoms with E-state index in [-0.39, 0.29) is 11.4 Å². The summed E-state index contributed by atoms with van der Waals surface area (Å²) in [6.07, 6.45) is 3.19. The van der Waals surface area contributed by atoms with Crippen molar-refractivity contribution in [1.82, 2.24) is 0 Å². The van der Waals surface area contributed by atoms with Crippen molar-refractivity contribution < 1.29 is 23.6 Å². The number of hydrogen-bond acceptors (Lipinski definition) is 6. The zero-order valence-electron chi connectivity index (χ0n) is 20.7. The minimum atomic E-state index is -0.524. The topological polar surface area (TPSA) is 104 Å². The van der Waals surface area contributed by atoms with E-state index in [1.165, 1.54) is 36.9 Å². The molecule has 8 heteroatoms. The van der Waals surface area contributed by atoms with Gasteiger partial charge in [-0.2, -0.15) is 0 Å². The molecular formula is C28H26N2O6. The SMILES string of the molecule is COc1cc([N+](=O)[O-])ccc1NC(=O)/C=C(\C)c1cc2c(-c3ccc(C)cc3)coc2c(C)c1OC. The number of amides is 1. The average Bonchev–Trinajstić information content (AvgIpc) is 3.28. The molecule has 3 aromatic carbocycles. The molecule has 184 valence electrons. The fraction of sp³-hybridized carbons (Fsp3) is 0.179. The van der Waals surface area contributed by atoms with Crippen molar-refractivity contribution in [2.45, 2.75) is 20.8 Å². The third kappa shape index (κ3) is 4.65. The molecule has 4 rings (SSSR count). The summed E-state index contributed by atoms with van der Waals surface area (Å²) in [5.74, 6) is 0.395. The Morgan fingerprint density at radius 3 is 2.42 bits per heavy atom. The average molecular weight is 487 g/mol. The maximum Gasteiger partial charge on any atom is 0.273 e. The Kier molecular flexibility index (Phi) is 6.78. The summed E-state index contributed by atoms with van der Waals surface area (Å²) in [5.41, 5.74) is 6.31. The van der Waals surface area contributed by atoms with E-state index >= 15 is 0 Å². The van der Waals surface area contributed by atoms with Crippen LogP contribution in [0.4, 0.5) is 11.4 Å². The molecule has 1 heterocycles. The van der Waals surface area contributed by atoms with Crippen LogP contribution in [-0.2, 0) is 4.79 Å². The Morgan fingerprint density at radius 2 is 1.78 bits per heavy atom. The van der Waals surface area contributed by atoms with Crippen LogP contribution < -0.4 is 14.8 Å². The van der Waals surface area contributed by atoms with Gasteiger partial charge in [0.2, 0.25) is 5.91 Å². The molecule has 0 atom stereocenters. The van der Waals surface area contributed by atoms with Gasteiger partial charge in [-0.1, -0.05) is 29.8 Å². The number of non-ortho nitro benzene ring substituents is 1. The summed E-state index contributed by atoms with van der Waals surface area (Å²) in [6.45, 7) is 5.78. The number of aryl methyl sites for hydroxylation is 2. The molecule has 1 aromatic heterocycles. The zero-order valence-corrected chi connectivity index (χ0v) is 20.7. The molecule has 0 bridgehead atoms. The van der Waals surface area contributed by atoms with Gasteiger partial charge in [0.25, 0.3) is 5.69 Å². The summed E-state index contributed by atoms with van der Waals surface area (Å²) in [7, 11) is 2.96. The highest BCUT2D eigenvalue weighted by Crippen LogP contribution is 2.40. The largest absolute Gasteiger partial charge is 0.496 e. The van der Waals surface area contributed by atoms with Crippen LogP contribution in [0.25, 0.3) is 27.7 Å². The van der Waals surface area contributed by atoms with Crippen molar-refractivity contribution in [3.63, 3.8) is 0 Å². The number of ether oxygens (including phenoxy) is 2. The lowest BCUT2D eigenvalue weighted by Gasteiger charge is -2.14. The fourth-order valence-corrected chi connectivity index (χ4v) is 4.17. The van der Waals surface area contributed by atoms with Crippen LogP contribution in [0, 0.1) is 24.0 Å². The fourth-order valence-electron chi connectivity index (χ4n) is 4.17. The molecular weight excluding hydrogens is 460 g/mol. The number of nitro groups is 1. The maximum atomic E-state index is 12.9. The van der Waals surface area contributed by atoms with Crippen LogP contribution >= 0.6 is 0 Å². The van der Waals surface area contributed by atoms with Gasteiger partial charge in [0, 0.05) is 34.2 Å². The number of furan rings is 1. The van der Waals surface area contributed by atoms with Crippen LogP contribution in [0.15, 0.2) is 65.3 Å². The summed E-state index contributed by atoms with van der Waals surface area (Å²) in [6, 6.07) is 14.2. The number of anilines is 1. The molecule has 8 nitrogen and oxygen atoms in total. The predicted octanol–water partition coefficient (Wildman–Crippen LogP) is 6.68. The van der Waals surface area contributed by atoms with Crippen molar-refractivity contribution in [1.29, 1.82) is 0 Å². The molecule has 0 aliphatic rings. The second-order valence-electron chi connectivity index (χ2n) is 8.43. The van der Waals surface area contributed by atoms with Gasteiger partial charge in [-0.05, 0) is 44.0 Å². The lowest BCUT2D eigenvalue weighted by molar-refractivity contribution is -0.384. The van der Waals surface area contributed by atoms with Crippen molar-refractivity contribution in [3.8, 4) is 22.6 Å². The molecule has 36 heavy (non-hydrogen) atoms. The van der Waals surface area contributed by atoms with E-state index in [2.05, 4.69) is 5.32 Å². The number of benzene rings is 3. The first-order valence-corrected chi connectivity index (χ1v) is 11.2. The zero-order chi connectivity index (χ0) is 26.0. The highest BCUT2D eigenvalue weighted by molar-refractivity contribution is 6.06. The normalized spacial score (nSPS) is 11.4.